The van der Waals surface area contributed by atoms with Crippen molar-refractivity contribution in [1.29, 1.82) is 0 Å². The summed E-state index contributed by atoms with van der Waals surface area (Å²) in [5.74, 6) is -1.45. The van der Waals surface area contributed by atoms with Crippen LogP contribution in [0.3, 0.4) is 0 Å². The molecule has 1 aliphatic heterocycles. The van der Waals surface area contributed by atoms with Gasteiger partial charge in [0.1, 0.15) is 29.2 Å². The van der Waals surface area contributed by atoms with Crippen LogP contribution in [0.4, 0.5) is 14.6 Å². The number of nitrogens with one attached hydrogen (secondary N) is 1. The van der Waals surface area contributed by atoms with Crippen LogP contribution in [0.25, 0.3) is 39.3 Å². The molecule has 8 nitrogen and oxygen atoms in total. The van der Waals surface area contributed by atoms with Crippen LogP contribution < -0.4 is 5.32 Å². The molecule has 194 valence electrons. The number of aromatic nitrogens is 5. The second kappa shape index (κ2) is 9.30. The lowest BCUT2D eigenvalue weighted by Gasteiger charge is -2.18. The summed E-state index contributed by atoms with van der Waals surface area (Å²) in [4.78, 5) is 9.24. The highest BCUT2D eigenvalue weighted by Gasteiger charge is 2.32. The third-order valence-corrected chi connectivity index (χ3v) is 6.46. The maximum atomic E-state index is 14.8. The molecular formula is C28H26F2N6O2. The molecule has 6 rings (SSSR count). The average Bonchev–Trinajstić information content (AvgIpc) is 3.60. The minimum atomic E-state index is -0.686. The molecule has 4 aromatic heterocycles. The third-order valence-electron chi connectivity index (χ3n) is 6.46. The Labute approximate surface area is 217 Å². The number of halogens is 2. The van der Waals surface area contributed by atoms with Gasteiger partial charge in [-0.15, -0.1) is 0 Å². The van der Waals surface area contributed by atoms with E-state index in [9.17, 15) is 8.78 Å². The number of hydrogen-bond donors (Lipinski definition) is 1. The zero-order valence-corrected chi connectivity index (χ0v) is 21.2. The molecule has 1 saturated heterocycles. The zero-order chi connectivity index (χ0) is 26.4. The van der Waals surface area contributed by atoms with Crippen LogP contribution in [-0.4, -0.2) is 49.2 Å². The topological polar surface area (TPSA) is 78.5 Å². The molecule has 1 aliphatic rings. The summed E-state index contributed by atoms with van der Waals surface area (Å²) in [7, 11) is 1.87. The van der Waals surface area contributed by atoms with Gasteiger partial charge in [0.25, 0.3) is 0 Å². The number of nitrogens with zero attached hydrogens (tertiary/aromatic N) is 5. The minimum Gasteiger partial charge on any atom is -0.367 e. The van der Waals surface area contributed by atoms with Crippen molar-refractivity contribution < 1.29 is 18.3 Å². The van der Waals surface area contributed by atoms with E-state index in [4.69, 9.17) is 9.47 Å². The van der Waals surface area contributed by atoms with E-state index >= 15 is 0 Å². The lowest BCUT2D eigenvalue weighted by molar-refractivity contribution is -0.136. The van der Waals surface area contributed by atoms with Crippen molar-refractivity contribution >= 4 is 11.5 Å². The fourth-order valence-electron chi connectivity index (χ4n) is 4.63. The predicted octanol–water partition coefficient (Wildman–Crippen LogP) is 5.31. The van der Waals surface area contributed by atoms with Crippen molar-refractivity contribution in [1.82, 2.24) is 24.1 Å². The van der Waals surface area contributed by atoms with Crippen LogP contribution in [0, 0.1) is 11.6 Å². The minimum absolute atomic E-state index is 0.164. The van der Waals surface area contributed by atoms with E-state index < -0.39 is 17.4 Å². The number of aryl methyl sites for hydroxylation is 1. The number of hydrogen-bond acceptors (Lipinski definition) is 6. The molecule has 5 heterocycles. The molecule has 1 aromatic carbocycles. The summed E-state index contributed by atoms with van der Waals surface area (Å²) in [5, 5.41) is 7.54. The van der Waals surface area contributed by atoms with E-state index in [-0.39, 0.29) is 11.7 Å². The molecule has 0 aliphatic carbocycles. The first-order valence-electron chi connectivity index (χ1n) is 12.2. The Hall–Kier alpha value is -4.15. The van der Waals surface area contributed by atoms with Gasteiger partial charge < -0.3 is 14.8 Å². The van der Waals surface area contributed by atoms with Crippen LogP contribution in [0.15, 0.2) is 67.3 Å². The van der Waals surface area contributed by atoms with Gasteiger partial charge in [0.15, 0.2) is 5.79 Å². The van der Waals surface area contributed by atoms with Crippen LogP contribution in [0.1, 0.15) is 13.8 Å². The second-order valence-electron chi connectivity index (χ2n) is 9.77. The summed E-state index contributed by atoms with van der Waals surface area (Å²) in [6, 6.07) is 11.1. The van der Waals surface area contributed by atoms with Crippen molar-refractivity contribution in [3.8, 4) is 33.6 Å². The molecule has 38 heavy (non-hydrogen) atoms. The molecule has 1 unspecified atom stereocenters. The normalized spacial score (nSPS) is 16.8. The quantitative estimate of drug-likeness (QED) is 0.330. The lowest BCUT2D eigenvalue weighted by Crippen LogP contribution is -2.26. The van der Waals surface area contributed by atoms with Crippen molar-refractivity contribution in [3.05, 3.63) is 78.9 Å². The Morgan fingerprint density at radius 2 is 1.92 bits per heavy atom. The van der Waals surface area contributed by atoms with Crippen molar-refractivity contribution in [2.75, 3.05) is 18.5 Å². The second-order valence-corrected chi connectivity index (χ2v) is 9.77. The SMILES string of the molecule is Cn1cc(-c2ccn3c(-c4cc(NCC5COC(C)(C)O5)nc(-c5ccc(F)cc5F)c4)cnc3c2)cn1. The molecule has 1 fully saturated rings. The van der Waals surface area contributed by atoms with Crippen LogP contribution >= 0.6 is 0 Å². The van der Waals surface area contributed by atoms with Gasteiger partial charge in [-0.05, 0) is 55.8 Å². The molecule has 5 aromatic rings. The lowest BCUT2D eigenvalue weighted by atomic mass is 10.1. The number of pyridine rings is 2. The van der Waals surface area contributed by atoms with Crippen molar-refractivity contribution in [3.63, 3.8) is 0 Å². The smallest absolute Gasteiger partial charge is 0.163 e. The number of fused-ring (bicyclic) bond motifs is 1. The van der Waals surface area contributed by atoms with Gasteiger partial charge in [0.05, 0.1) is 30.4 Å². The fraction of sp³-hybridized carbons (Fsp3) is 0.250. The van der Waals surface area contributed by atoms with E-state index in [1.165, 1.54) is 12.1 Å². The van der Waals surface area contributed by atoms with Gasteiger partial charge in [-0.3, -0.25) is 9.08 Å². The number of anilines is 1. The monoisotopic (exact) mass is 516 g/mol. The fourth-order valence-corrected chi connectivity index (χ4v) is 4.63. The number of imidazole rings is 1. The highest BCUT2D eigenvalue weighted by molar-refractivity contribution is 5.75. The highest BCUT2D eigenvalue weighted by atomic mass is 19.1. The van der Waals surface area contributed by atoms with E-state index in [1.807, 2.05) is 55.9 Å². The summed E-state index contributed by atoms with van der Waals surface area (Å²) in [6.07, 6.45) is 7.30. The van der Waals surface area contributed by atoms with Crippen molar-refractivity contribution in [2.45, 2.75) is 25.7 Å². The first kappa shape index (κ1) is 24.2. The molecule has 0 radical (unpaired) electrons. The van der Waals surface area contributed by atoms with Gasteiger partial charge in [0.2, 0.25) is 0 Å². The summed E-state index contributed by atoms with van der Waals surface area (Å²) < 4.78 is 43.6. The number of rotatable bonds is 6. The Bertz CT molecular complexity index is 1640. The first-order valence-corrected chi connectivity index (χ1v) is 12.2. The molecule has 0 amide bonds. The van der Waals surface area contributed by atoms with E-state index in [2.05, 4.69) is 20.4 Å². The van der Waals surface area contributed by atoms with E-state index in [0.717, 1.165) is 34.1 Å². The van der Waals surface area contributed by atoms with Gasteiger partial charge in [-0.2, -0.15) is 5.10 Å². The molecule has 10 heteroatoms. The molecule has 0 bridgehead atoms. The molecule has 1 atom stereocenters. The highest BCUT2D eigenvalue weighted by Crippen LogP contribution is 2.31. The predicted molar refractivity (Wildman–Crippen MR) is 139 cm³/mol. The third kappa shape index (κ3) is 4.75. The van der Waals surface area contributed by atoms with Gasteiger partial charge in [0, 0.05) is 48.7 Å². The van der Waals surface area contributed by atoms with E-state index in [1.54, 1.807) is 23.1 Å². The molecule has 0 saturated carbocycles. The van der Waals surface area contributed by atoms with Gasteiger partial charge >= 0.3 is 0 Å². The Morgan fingerprint density at radius 1 is 1.05 bits per heavy atom. The first-order chi connectivity index (χ1) is 18.2. The largest absolute Gasteiger partial charge is 0.367 e. The average molecular weight is 517 g/mol. The number of benzene rings is 1. The standard InChI is InChI=1S/C28H26F2N6O2/c1-28(2)37-16-21(38-28)13-31-26-9-18(8-24(34-26)22-5-4-20(29)11-23(22)30)25-14-32-27-10-17(6-7-36(25)27)19-12-33-35(3)15-19/h4-12,14-15,21H,13,16H2,1-3H3,(H,31,34). The van der Waals surface area contributed by atoms with Gasteiger partial charge in [-0.1, -0.05) is 0 Å². The van der Waals surface area contributed by atoms with Gasteiger partial charge in [-0.25, -0.2) is 18.7 Å². The Morgan fingerprint density at radius 3 is 2.66 bits per heavy atom. The summed E-state index contributed by atoms with van der Waals surface area (Å²) in [6.45, 7) is 4.63. The zero-order valence-electron chi connectivity index (χ0n) is 21.2. The summed E-state index contributed by atoms with van der Waals surface area (Å²) in [5.41, 5.74) is 4.88. The Kier molecular flexibility index (Phi) is 5.93. The van der Waals surface area contributed by atoms with Crippen LogP contribution in [-0.2, 0) is 16.5 Å². The molecular weight excluding hydrogens is 490 g/mol. The molecule has 0 spiro atoms. The molecule has 1 N–H and O–H groups in total. The number of ether oxygens (including phenoxy) is 2. The van der Waals surface area contributed by atoms with E-state index in [0.29, 0.717) is 24.7 Å². The van der Waals surface area contributed by atoms with Crippen LogP contribution in [0.5, 0.6) is 0 Å². The Balaban J connectivity index is 1.39. The van der Waals surface area contributed by atoms with Crippen molar-refractivity contribution in [2.24, 2.45) is 7.05 Å². The maximum absolute atomic E-state index is 14.8. The van der Waals surface area contributed by atoms with Crippen LogP contribution in [0.2, 0.25) is 0 Å². The summed E-state index contributed by atoms with van der Waals surface area (Å²) >= 11 is 0. The maximum Gasteiger partial charge on any atom is 0.163 e.